The van der Waals surface area contributed by atoms with E-state index in [4.69, 9.17) is 4.74 Å². The molecule has 0 bridgehead atoms. The van der Waals surface area contributed by atoms with Gasteiger partial charge in [0.1, 0.15) is 0 Å². The Balaban J connectivity index is 2.73. The first-order valence-electron chi connectivity index (χ1n) is 10.7. The summed E-state index contributed by atoms with van der Waals surface area (Å²) in [5.74, 6) is 0.0588. The molecule has 0 spiro atoms. The molecule has 0 aliphatic rings. The quantitative estimate of drug-likeness (QED) is 0.428. The van der Waals surface area contributed by atoms with Gasteiger partial charge in [0.2, 0.25) is 11.8 Å². The lowest BCUT2D eigenvalue weighted by molar-refractivity contribution is -0.141. The van der Waals surface area contributed by atoms with E-state index < -0.39 is 0 Å². The van der Waals surface area contributed by atoms with Crippen LogP contribution in [0.5, 0.6) is 0 Å². The minimum absolute atomic E-state index is 0.00709. The number of amides is 2. The molecule has 1 aromatic rings. The van der Waals surface area contributed by atoms with Crippen LogP contribution in [0.15, 0.2) is 18.3 Å². The third-order valence-corrected chi connectivity index (χ3v) is 5.03. The van der Waals surface area contributed by atoms with Gasteiger partial charge in [-0.05, 0) is 25.0 Å². The summed E-state index contributed by atoms with van der Waals surface area (Å²) in [4.78, 5) is 29.2. The second kappa shape index (κ2) is 14.2. The first-order chi connectivity index (χ1) is 13.5. The molecule has 1 aromatic heterocycles. The summed E-state index contributed by atoms with van der Waals surface area (Å²) in [5.41, 5.74) is 1.10. The van der Waals surface area contributed by atoms with Crippen LogP contribution in [0.25, 0.3) is 0 Å². The summed E-state index contributed by atoms with van der Waals surface area (Å²) in [7, 11) is 3.61. The zero-order valence-corrected chi connectivity index (χ0v) is 18.3. The van der Waals surface area contributed by atoms with Crippen LogP contribution in [0.3, 0.4) is 0 Å². The predicted molar refractivity (Wildman–Crippen MR) is 113 cm³/mol. The smallest absolute Gasteiger partial charge is 0.242 e. The van der Waals surface area contributed by atoms with Gasteiger partial charge in [-0.1, -0.05) is 39.5 Å². The summed E-state index contributed by atoms with van der Waals surface area (Å²) >= 11 is 0. The minimum atomic E-state index is 0.00709. The lowest BCUT2D eigenvalue weighted by atomic mass is 10.1. The van der Waals surface area contributed by atoms with Gasteiger partial charge < -0.3 is 19.1 Å². The molecule has 0 atom stereocenters. The SMILES string of the molecule is CCCCCCC(=O)N(CCOC)CC(=O)N(CCCC)Cc1cccn1C. The van der Waals surface area contributed by atoms with Crippen LogP contribution < -0.4 is 0 Å². The van der Waals surface area contributed by atoms with Crippen LogP contribution in [0.4, 0.5) is 0 Å². The first-order valence-corrected chi connectivity index (χ1v) is 10.7. The van der Waals surface area contributed by atoms with Crippen molar-refractivity contribution in [2.24, 2.45) is 7.05 Å². The Bertz CT molecular complexity index is 571. The molecule has 0 unspecified atom stereocenters. The largest absolute Gasteiger partial charge is 0.383 e. The van der Waals surface area contributed by atoms with Crippen molar-refractivity contribution in [3.63, 3.8) is 0 Å². The molecule has 0 aromatic carbocycles. The number of hydrogen-bond donors (Lipinski definition) is 0. The van der Waals surface area contributed by atoms with Crippen LogP contribution in [-0.2, 0) is 27.9 Å². The Labute approximate surface area is 170 Å². The summed E-state index contributed by atoms with van der Waals surface area (Å²) < 4.78 is 7.19. The molecule has 0 fully saturated rings. The van der Waals surface area contributed by atoms with E-state index in [1.165, 1.54) is 0 Å². The number of hydrogen-bond acceptors (Lipinski definition) is 3. The second-order valence-electron chi connectivity index (χ2n) is 7.40. The lowest BCUT2D eigenvalue weighted by Crippen LogP contribution is -2.44. The van der Waals surface area contributed by atoms with Gasteiger partial charge in [0.05, 0.1) is 19.7 Å². The predicted octanol–water partition coefficient (Wildman–Crippen LogP) is 3.60. The summed E-state index contributed by atoms with van der Waals surface area (Å²) in [6, 6.07) is 4.02. The van der Waals surface area contributed by atoms with E-state index >= 15 is 0 Å². The zero-order valence-electron chi connectivity index (χ0n) is 18.3. The second-order valence-corrected chi connectivity index (χ2v) is 7.40. The molecule has 2 amide bonds. The van der Waals surface area contributed by atoms with E-state index in [0.29, 0.717) is 32.7 Å². The molecule has 0 aliphatic carbocycles. The maximum absolute atomic E-state index is 13.0. The molecule has 1 heterocycles. The van der Waals surface area contributed by atoms with E-state index in [1.54, 1.807) is 12.0 Å². The number of methoxy groups -OCH3 is 1. The Hall–Kier alpha value is -1.82. The van der Waals surface area contributed by atoms with E-state index in [9.17, 15) is 9.59 Å². The molecular weight excluding hydrogens is 354 g/mol. The average molecular weight is 394 g/mol. The zero-order chi connectivity index (χ0) is 20.8. The Morgan fingerprint density at radius 1 is 1.00 bits per heavy atom. The minimum Gasteiger partial charge on any atom is -0.383 e. The highest BCUT2D eigenvalue weighted by molar-refractivity contribution is 5.84. The molecule has 160 valence electrons. The number of rotatable bonds is 15. The molecule has 28 heavy (non-hydrogen) atoms. The van der Waals surface area contributed by atoms with Gasteiger partial charge in [-0.25, -0.2) is 0 Å². The molecule has 0 saturated heterocycles. The fourth-order valence-corrected chi connectivity index (χ4v) is 3.12. The highest BCUT2D eigenvalue weighted by atomic mass is 16.5. The molecule has 6 heteroatoms. The van der Waals surface area contributed by atoms with E-state index in [-0.39, 0.29) is 18.4 Å². The van der Waals surface area contributed by atoms with Gasteiger partial charge in [-0.2, -0.15) is 0 Å². The van der Waals surface area contributed by atoms with Gasteiger partial charge in [0.15, 0.2) is 0 Å². The van der Waals surface area contributed by atoms with Crippen molar-refractivity contribution < 1.29 is 14.3 Å². The first kappa shape index (κ1) is 24.2. The van der Waals surface area contributed by atoms with Crippen molar-refractivity contribution in [1.29, 1.82) is 0 Å². The maximum Gasteiger partial charge on any atom is 0.242 e. The normalized spacial score (nSPS) is 10.9. The highest BCUT2D eigenvalue weighted by Crippen LogP contribution is 2.10. The summed E-state index contributed by atoms with van der Waals surface area (Å²) in [6.07, 6.45) is 8.71. The molecule has 0 saturated carbocycles. The number of ether oxygens (including phenoxy) is 1. The van der Waals surface area contributed by atoms with Gasteiger partial charge in [-0.3, -0.25) is 9.59 Å². The summed E-state index contributed by atoms with van der Waals surface area (Å²) in [6.45, 7) is 6.60. The highest BCUT2D eigenvalue weighted by Gasteiger charge is 2.21. The van der Waals surface area contributed by atoms with Crippen molar-refractivity contribution in [3.8, 4) is 0 Å². The monoisotopic (exact) mass is 393 g/mol. The Morgan fingerprint density at radius 3 is 2.36 bits per heavy atom. The fourth-order valence-electron chi connectivity index (χ4n) is 3.12. The third-order valence-electron chi connectivity index (χ3n) is 5.03. The van der Waals surface area contributed by atoms with Gasteiger partial charge in [-0.15, -0.1) is 0 Å². The van der Waals surface area contributed by atoms with Gasteiger partial charge in [0.25, 0.3) is 0 Å². The molecule has 0 radical (unpaired) electrons. The van der Waals surface area contributed by atoms with Crippen molar-refractivity contribution in [3.05, 3.63) is 24.0 Å². The molecule has 0 aliphatic heterocycles. The van der Waals surface area contributed by atoms with Gasteiger partial charge in [0, 0.05) is 45.6 Å². The van der Waals surface area contributed by atoms with E-state index in [2.05, 4.69) is 13.8 Å². The molecule has 0 N–H and O–H groups in total. The van der Waals surface area contributed by atoms with Crippen molar-refractivity contribution in [2.75, 3.05) is 33.4 Å². The van der Waals surface area contributed by atoms with Crippen LogP contribution >= 0.6 is 0 Å². The number of carbonyl (C=O) groups excluding carboxylic acids is 2. The lowest BCUT2D eigenvalue weighted by Gasteiger charge is -2.28. The average Bonchev–Trinajstić information content (AvgIpc) is 3.09. The fraction of sp³-hybridized carbons (Fsp3) is 0.727. The summed E-state index contributed by atoms with van der Waals surface area (Å²) in [5, 5.41) is 0. The number of carbonyl (C=O) groups is 2. The Morgan fingerprint density at radius 2 is 1.75 bits per heavy atom. The molecule has 6 nitrogen and oxygen atoms in total. The number of unbranched alkanes of at least 4 members (excludes halogenated alkanes) is 4. The van der Waals surface area contributed by atoms with Crippen LogP contribution in [0.2, 0.25) is 0 Å². The maximum atomic E-state index is 13.0. The van der Waals surface area contributed by atoms with Crippen LogP contribution in [0, 0.1) is 0 Å². The number of aryl methyl sites for hydroxylation is 1. The third kappa shape index (κ3) is 8.91. The van der Waals surface area contributed by atoms with Crippen molar-refractivity contribution >= 4 is 11.8 Å². The number of nitrogens with zero attached hydrogens (tertiary/aromatic N) is 3. The van der Waals surface area contributed by atoms with Gasteiger partial charge >= 0.3 is 0 Å². The van der Waals surface area contributed by atoms with Crippen molar-refractivity contribution in [1.82, 2.24) is 14.4 Å². The Kier molecular flexibility index (Phi) is 12.3. The van der Waals surface area contributed by atoms with E-state index in [1.807, 2.05) is 34.8 Å². The standard InChI is InChI=1S/C22H39N3O3/c1-5-7-9-10-13-21(26)25(16-17-28-4)19-22(27)24(15-8-6-2)18-20-12-11-14-23(20)3/h11-12,14H,5-10,13,15-19H2,1-4H3. The van der Waals surface area contributed by atoms with Crippen LogP contribution in [-0.4, -0.2) is 59.5 Å². The van der Waals surface area contributed by atoms with E-state index in [0.717, 1.165) is 44.2 Å². The topological polar surface area (TPSA) is 54.8 Å². The van der Waals surface area contributed by atoms with Crippen molar-refractivity contribution in [2.45, 2.75) is 65.3 Å². The molecular formula is C22H39N3O3. The van der Waals surface area contributed by atoms with Crippen LogP contribution in [0.1, 0.15) is 64.5 Å². The molecule has 1 rings (SSSR count). The number of aromatic nitrogens is 1.